The minimum Gasteiger partial charge on any atom is -0.388 e. The molecular formula is C21H34N4O8. The molecule has 3 amide bonds. The van der Waals surface area contributed by atoms with Gasteiger partial charge >= 0.3 is 0 Å². The maximum atomic E-state index is 12.6. The maximum absolute atomic E-state index is 12.6. The molecule has 33 heavy (non-hydrogen) atoms. The number of amides is 3. The molecule has 12 heteroatoms. The van der Waals surface area contributed by atoms with Crippen molar-refractivity contribution in [3.8, 4) is 0 Å². The molecular weight excluding hydrogens is 436 g/mol. The van der Waals surface area contributed by atoms with Crippen molar-refractivity contribution in [1.29, 1.82) is 0 Å². The van der Waals surface area contributed by atoms with E-state index in [1.54, 1.807) is 21.1 Å². The molecule has 1 aliphatic rings. The highest BCUT2D eigenvalue weighted by Crippen LogP contribution is 2.29. The smallest absolute Gasteiger partial charge is 0.274 e. The molecule has 1 aromatic rings. The van der Waals surface area contributed by atoms with E-state index in [0.29, 0.717) is 13.0 Å². The van der Waals surface area contributed by atoms with Crippen LogP contribution in [0.3, 0.4) is 0 Å². The van der Waals surface area contributed by atoms with Gasteiger partial charge in [-0.25, -0.2) is 0 Å². The lowest BCUT2D eigenvalue weighted by atomic mass is 9.93. The van der Waals surface area contributed by atoms with E-state index in [1.165, 1.54) is 19.4 Å². The Morgan fingerprint density at radius 2 is 1.79 bits per heavy atom. The molecule has 0 bridgehead atoms. The van der Waals surface area contributed by atoms with Crippen LogP contribution < -0.4 is 16.0 Å². The number of carbonyl (C=O) groups is 4. The normalized spacial score (nSPS) is 18.4. The third-order valence-corrected chi connectivity index (χ3v) is 4.51. The molecule has 2 rings (SSSR count). The van der Waals surface area contributed by atoms with Gasteiger partial charge in [0.15, 0.2) is 11.5 Å². The Morgan fingerprint density at radius 3 is 2.27 bits per heavy atom. The molecule has 0 radical (unpaired) electrons. The van der Waals surface area contributed by atoms with Crippen LogP contribution in [0.4, 0.5) is 0 Å². The van der Waals surface area contributed by atoms with E-state index in [4.69, 9.17) is 9.47 Å². The zero-order chi connectivity index (χ0) is 25.0. The largest absolute Gasteiger partial charge is 0.388 e. The SMILES string of the molecule is COC.COC[C@H](NC(=O)c1ccon1)C(=O)NCC(=O)N[C@@H](CC(C)C)C(=O)[C@@]1(C)CO1. The average Bonchev–Trinajstić information content (AvgIpc) is 3.26. The third-order valence-electron chi connectivity index (χ3n) is 4.51. The quantitative estimate of drug-likeness (QED) is 0.348. The summed E-state index contributed by atoms with van der Waals surface area (Å²) in [4.78, 5) is 49.3. The molecule has 3 N–H and O–H groups in total. The highest BCUT2D eigenvalue weighted by Gasteiger charge is 2.50. The summed E-state index contributed by atoms with van der Waals surface area (Å²) in [5.41, 5.74) is -0.849. The number of Topliss-reactive ketones (excluding diaryl/α,β-unsaturated/α-hetero) is 1. The number of aromatic nitrogens is 1. The zero-order valence-electron chi connectivity index (χ0n) is 19.9. The summed E-state index contributed by atoms with van der Waals surface area (Å²) in [6, 6.07) is -0.400. The van der Waals surface area contributed by atoms with Crippen molar-refractivity contribution in [2.75, 3.05) is 41.1 Å². The van der Waals surface area contributed by atoms with E-state index < -0.39 is 35.4 Å². The van der Waals surface area contributed by atoms with Crippen LogP contribution in [0, 0.1) is 5.92 Å². The standard InChI is InChI=1S/C19H28N4O7.C2H6O/c1-11(2)7-13(16(25)19(3)10-29-19)21-15(24)8-20-17(26)14(9-28-4)22-18(27)12-5-6-30-23-12;1-3-2/h5-6,11,13-14H,7-10H2,1-4H3,(H,20,26)(H,21,24)(H,22,27);1-2H3/t13-,14-,19+;/m0./s1. The molecule has 1 fully saturated rings. The number of nitrogens with one attached hydrogen (secondary N) is 3. The Hall–Kier alpha value is -2.83. The van der Waals surface area contributed by atoms with E-state index in [2.05, 4.69) is 30.4 Å². The fraction of sp³-hybridized carbons (Fsp3) is 0.667. The summed E-state index contributed by atoms with van der Waals surface area (Å²) in [7, 11) is 4.62. The van der Waals surface area contributed by atoms with Crippen LogP contribution in [0.2, 0.25) is 0 Å². The van der Waals surface area contributed by atoms with Crippen LogP contribution in [0.5, 0.6) is 0 Å². The van der Waals surface area contributed by atoms with Gasteiger partial charge in [-0.1, -0.05) is 19.0 Å². The zero-order valence-corrected chi connectivity index (χ0v) is 19.9. The first kappa shape index (κ1) is 28.2. The van der Waals surface area contributed by atoms with Crippen LogP contribution in [0.15, 0.2) is 16.9 Å². The van der Waals surface area contributed by atoms with E-state index in [1.807, 2.05) is 13.8 Å². The van der Waals surface area contributed by atoms with Crippen molar-refractivity contribution in [3.63, 3.8) is 0 Å². The van der Waals surface area contributed by atoms with Crippen molar-refractivity contribution in [2.24, 2.45) is 5.92 Å². The van der Waals surface area contributed by atoms with Gasteiger partial charge in [0.25, 0.3) is 5.91 Å². The lowest BCUT2D eigenvalue weighted by Gasteiger charge is -2.22. The minimum atomic E-state index is -1.04. The summed E-state index contributed by atoms with van der Waals surface area (Å²) in [5.74, 6) is -1.77. The minimum absolute atomic E-state index is 0.00692. The number of carbonyl (C=O) groups excluding carboxylic acids is 4. The van der Waals surface area contributed by atoms with E-state index in [-0.39, 0.29) is 30.5 Å². The number of hydrogen-bond acceptors (Lipinski definition) is 9. The molecule has 0 aliphatic carbocycles. The number of rotatable bonds is 12. The number of methoxy groups -OCH3 is 2. The second kappa shape index (κ2) is 13.7. The van der Waals surface area contributed by atoms with Gasteiger partial charge in [0.2, 0.25) is 11.8 Å². The van der Waals surface area contributed by atoms with E-state index in [9.17, 15) is 19.2 Å². The predicted octanol–water partition coefficient (Wildman–Crippen LogP) is -0.313. The van der Waals surface area contributed by atoms with Crippen molar-refractivity contribution < 1.29 is 37.9 Å². The topological polar surface area (TPSA) is 161 Å². The number of ketones is 1. The second-order valence-corrected chi connectivity index (χ2v) is 8.13. The van der Waals surface area contributed by atoms with Gasteiger partial charge in [-0.2, -0.15) is 0 Å². The monoisotopic (exact) mass is 470 g/mol. The first-order chi connectivity index (χ1) is 15.6. The fourth-order valence-electron chi connectivity index (χ4n) is 2.77. The number of hydrogen-bond donors (Lipinski definition) is 3. The lowest BCUT2D eigenvalue weighted by molar-refractivity contribution is -0.131. The molecule has 3 atom stereocenters. The molecule has 0 aromatic carbocycles. The van der Waals surface area contributed by atoms with Gasteiger partial charge in [0.05, 0.1) is 25.8 Å². The summed E-state index contributed by atoms with van der Waals surface area (Å²) < 4.78 is 19.0. The first-order valence-corrected chi connectivity index (χ1v) is 10.4. The van der Waals surface area contributed by atoms with Crippen LogP contribution in [0.1, 0.15) is 37.7 Å². The van der Waals surface area contributed by atoms with Crippen molar-refractivity contribution >= 4 is 23.5 Å². The molecule has 1 aromatic heterocycles. The van der Waals surface area contributed by atoms with Gasteiger partial charge in [-0.05, 0) is 19.3 Å². The van der Waals surface area contributed by atoms with Gasteiger partial charge in [0.1, 0.15) is 17.9 Å². The van der Waals surface area contributed by atoms with Gasteiger partial charge in [-0.3, -0.25) is 19.2 Å². The van der Waals surface area contributed by atoms with Gasteiger partial charge in [-0.15, -0.1) is 0 Å². The number of ether oxygens (including phenoxy) is 3. The lowest BCUT2D eigenvalue weighted by Crippen LogP contribution is -2.53. The molecule has 0 unspecified atom stereocenters. The number of nitrogens with zero attached hydrogens (tertiary/aromatic N) is 1. The summed E-state index contributed by atoms with van der Waals surface area (Å²) in [6.45, 7) is 5.42. The van der Waals surface area contributed by atoms with Crippen molar-refractivity contribution in [3.05, 3.63) is 18.0 Å². The van der Waals surface area contributed by atoms with Crippen LogP contribution in [-0.2, 0) is 28.6 Å². The second-order valence-electron chi connectivity index (χ2n) is 8.13. The summed E-state index contributed by atoms with van der Waals surface area (Å²) >= 11 is 0. The Labute approximate surface area is 193 Å². The predicted molar refractivity (Wildman–Crippen MR) is 116 cm³/mol. The highest BCUT2D eigenvalue weighted by atomic mass is 16.6. The van der Waals surface area contributed by atoms with Crippen LogP contribution in [-0.4, -0.2) is 87.4 Å². The summed E-state index contributed by atoms with van der Waals surface area (Å²) in [6.07, 6.45) is 1.68. The Kier molecular flexibility index (Phi) is 11.7. The molecule has 1 aliphatic heterocycles. The fourth-order valence-corrected chi connectivity index (χ4v) is 2.77. The van der Waals surface area contributed by atoms with E-state index in [0.717, 1.165) is 0 Å². The van der Waals surface area contributed by atoms with E-state index >= 15 is 0 Å². The Morgan fingerprint density at radius 1 is 1.15 bits per heavy atom. The maximum Gasteiger partial charge on any atom is 0.274 e. The average molecular weight is 471 g/mol. The molecule has 0 spiro atoms. The third kappa shape index (κ3) is 9.68. The van der Waals surface area contributed by atoms with Crippen LogP contribution in [0.25, 0.3) is 0 Å². The molecule has 2 heterocycles. The molecule has 1 saturated heterocycles. The first-order valence-electron chi connectivity index (χ1n) is 10.4. The van der Waals surface area contributed by atoms with Crippen molar-refractivity contribution in [2.45, 2.75) is 44.9 Å². The Bertz CT molecular complexity index is 777. The van der Waals surface area contributed by atoms with Gasteiger partial charge < -0.3 is 34.7 Å². The highest BCUT2D eigenvalue weighted by molar-refractivity contribution is 5.98. The molecule has 186 valence electrons. The molecule has 0 saturated carbocycles. The summed E-state index contributed by atoms with van der Waals surface area (Å²) in [5, 5.41) is 11.0. The number of epoxide rings is 1. The molecule has 12 nitrogen and oxygen atoms in total. The van der Waals surface area contributed by atoms with Gasteiger partial charge in [0, 0.05) is 27.4 Å². The van der Waals surface area contributed by atoms with Crippen LogP contribution >= 0.6 is 0 Å². The van der Waals surface area contributed by atoms with Crippen molar-refractivity contribution in [1.82, 2.24) is 21.1 Å². The Balaban J connectivity index is 0.00000172.